The highest BCUT2D eigenvalue weighted by atomic mass is 32.1. The van der Waals surface area contributed by atoms with E-state index in [9.17, 15) is 22.8 Å². The predicted octanol–water partition coefficient (Wildman–Crippen LogP) is 1.84. The van der Waals surface area contributed by atoms with Crippen LogP contribution in [0.2, 0.25) is 0 Å². The fraction of sp³-hybridized carbons (Fsp3) is 0.500. The molecular weight excluding hydrogens is 301 g/mol. The van der Waals surface area contributed by atoms with E-state index in [0.29, 0.717) is 0 Å². The van der Waals surface area contributed by atoms with Crippen molar-refractivity contribution in [3.05, 3.63) is 11.1 Å². The molecule has 112 valence electrons. The Morgan fingerprint density at radius 1 is 1.50 bits per heavy atom. The number of hydrogen-bond acceptors (Lipinski definition) is 6. The van der Waals surface area contributed by atoms with Gasteiger partial charge in [0.05, 0.1) is 13.3 Å². The zero-order valence-corrected chi connectivity index (χ0v) is 11.3. The molecule has 0 unspecified atom stereocenters. The second-order valence-corrected chi connectivity index (χ2v) is 4.61. The molecule has 0 aliphatic rings. The number of carbonyl (C=O) groups excluding carboxylic acids is 2. The maximum absolute atomic E-state index is 11.9. The third kappa shape index (κ3) is 5.13. The minimum absolute atomic E-state index is 0.0675. The van der Waals surface area contributed by atoms with Crippen molar-refractivity contribution in [1.29, 1.82) is 0 Å². The van der Waals surface area contributed by atoms with Gasteiger partial charge in [-0.05, 0) is 6.92 Å². The third-order valence-corrected chi connectivity index (χ3v) is 2.88. The first kappa shape index (κ1) is 16.4. The van der Waals surface area contributed by atoms with Crippen molar-refractivity contribution in [3.63, 3.8) is 0 Å². The lowest BCUT2D eigenvalue weighted by Gasteiger charge is -2.13. The van der Waals surface area contributed by atoms with Crippen LogP contribution in [0.25, 0.3) is 0 Å². The van der Waals surface area contributed by atoms with Gasteiger partial charge in [0, 0.05) is 0 Å². The fourth-order valence-corrected chi connectivity index (χ4v) is 1.77. The van der Waals surface area contributed by atoms with Crippen molar-refractivity contribution in [2.24, 2.45) is 0 Å². The van der Waals surface area contributed by atoms with Crippen molar-refractivity contribution in [1.82, 2.24) is 4.98 Å². The van der Waals surface area contributed by atoms with Gasteiger partial charge in [0.25, 0.3) is 5.91 Å². The summed E-state index contributed by atoms with van der Waals surface area (Å²) in [5, 5.41) is 2.31. The highest BCUT2D eigenvalue weighted by Crippen LogP contribution is 2.20. The number of carbonyl (C=O) groups is 2. The fourth-order valence-electron chi connectivity index (χ4n) is 1.03. The molecule has 0 aliphatic carbocycles. The lowest BCUT2D eigenvalue weighted by atomic mass is 10.4. The Hall–Kier alpha value is -1.68. The van der Waals surface area contributed by atoms with Gasteiger partial charge >= 0.3 is 12.1 Å². The number of rotatable bonds is 5. The highest BCUT2D eigenvalue weighted by molar-refractivity contribution is 7.17. The van der Waals surface area contributed by atoms with E-state index in [2.05, 4.69) is 19.8 Å². The average molecular weight is 312 g/mol. The van der Waals surface area contributed by atoms with Crippen LogP contribution in [0.4, 0.5) is 18.3 Å². The van der Waals surface area contributed by atoms with E-state index in [1.54, 1.807) is 0 Å². The Bertz CT molecular complexity index is 489. The monoisotopic (exact) mass is 312 g/mol. The lowest BCUT2D eigenvalue weighted by molar-refractivity contribution is -0.184. The third-order valence-electron chi connectivity index (χ3n) is 1.99. The van der Waals surface area contributed by atoms with E-state index < -0.39 is 30.8 Å². The number of thiazole rings is 1. The number of halogens is 3. The van der Waals surface area contributed by atoms with E-state index in [0.717, 1.165) is 11.3 Å². The summed E-state index contributed by atoms with van der Waals surface area (Å²) in [4.78, 5) is 26.6. The van der Waals surface area contributed by atoms with Crippen LogP contribution >= 0.6 is 11.3 Å². The zero-order valence-electron chi connectivity index (χ0n) is 10.5. The molecule has 1 amide bonds. The summed E-state index contributed by atoms with van der Waals surface area (Å²) in [6, 6.07) is 0. The first-order valence-electron chi connectivity index (χ1n) is 5.26. The van der Waals surface area contributed by atoms with Crippen molar-refractivity contribution in [2.45, 2.75) is 19.2 Å². The molecule has 0 aliphatic heterocycles. The number of ether oxygens (including phenoxy) is 2. The Kier molecular flexibility index (Phi) is 5.45. The van der Waals surface area contributed by atoms with E-state index >= 15 is 0 Å². The summed E-state index contributed by atoms with van der Waals surface area (Å²) in [5.41, 5.74) is 0. The van der Waals surface area contributed by atoms with E-state index in [4.69, 9.17) is 0 Å². The van der Waals surface area contributed by atoms with Gasteiger partial charge in [-0.2, -0.15) is 13.2 Å². The number of esters is 1. The summed E-state index contributed by atoms with van der Waals surface area (Å²) in [5.74, 6) is -1.41. The van der Waals surface area contributed by atoms with E-state index in [1.807, 2.05) is 0 Å². The van der Waals surface area contributed by atoms with Gasteiger partial charge in [0.1, 0.15) is 17.6 Å². The summed E-state index contributed by atoms with van der Waals surface area (Å²) in [6.07, 6.45) is -4.62. The molecule has 0 bridgehead atoms. The van der Waals surface area contributed by atoms with Gasteiger partial charge < -0.3 is 9.47 Å². The lowest BCUT2D eigenvalue weighted by Crippen LogP contribution is -2.31. The van der Waals surface area contributed by atoms with Gasteiger partial charge in [0.2, 0.25) is 0 Å². The number of methoxy groups -OCH3 is 1. The van der Waals surface area contributed by atoms with Crippen molar-refractivity contribution in [2.75, 3.05) is 19.0 Å². The quantitative estimate of drug-likeness (QED) is 0.839. The number of aromatic nitrogens is 1. The minimum atomic E-state index is -4.51. The van der Waals surface area contributed by atoms with Crippen LogP contribution in [0.5, 0.6) is 0 Å². The molecule has 1 aromatic rings. The number of anilines is 1. The van der Waals surface area contributed by atoms with Crippen LogP contribution in [0, 0.1) is 0 Å². The first-order valence-corrected chi connectivity index (χ1v) is 6.08. The largest absolute Gasteiger partial charge is 0.465 e. The SMILES string of the molecule is COC(=O)c1cnc(NC(=O)[C@@H](C)OCC(F)(F)F)s1. The number of nitrogens with one attached hydrogen (secondary N) is 1. The number of amides is 1. The maximum atomic E-state index is 11.9. The second kappa shape index (κ2) is 6.66. The standard InChI is InChI=1S/C10H11F3N2O4S/c1-5(19-4-10(11,12)13)7(16)15-9-14-3-6(20-9)8(17)18-2/h3,5H,4H2,1-2H3,(H,14,15,16)/t5-/m1/s1. The molecule has 1 atom stereocenters. The molecule has 6 nitrogen and oxygen atoms in total. The van der Waals surface area contributed by atoms with Gasteiger partial charge in [-0.15, -0.1) is 0 Å². The molecule has 0 fully saturated rings. The van der Waals surface area contributed by atoms with Crippen molar-refractivity contribution < 1.29 is 32.2 Å². The summed E-state index contributed by atoms with van der Waals surface area (Å²) in [7, 11) is 1.19. The molecule has 0 aromatic carbocycles. The molecule has 0 saturated heterocycles. The molecule has 1 rings (SSSR count). The average Bonchev–Trinajstić information content (AvgIpc) is 2.82. The van der Waals surface area contributed by atoms with Crippen molar-refractivity contribution in [3.8, 4) is 0 Å². The van der Waals surface area contributed by atoms with Crippen LogP contribution in [0.3, 0.4) is 0 Å². The van der Waals surface area contributed by atoms with Crippen LogP contribution in [0.1, 0.15) is 16.6 Å². The molecule has 10 heteroatoms. The molecule has 1 N–H and O–H groups in total. The number of nitrogens with zero attached hydrogens (tertiary/aromatic N) is 1. The van der Waals surface area contributed by atoms with Gasteiger partial charge in [-0.3, -0.25) is 10.1 Å². The van der Waals surface area contributed by atoms with Crippen LogP contribution in [0.15, 0.2) is 6.20 Å². The van der Waals surface area contributed by atoms with Gasteiger partial charge in [-0.1, -0.05) is 11.3 Å². The Morgan fingerprint density at radius 3 is 2.70 bits per heavy atom. The molecule has 1 aromatic heterocycles. The first-order chi connectivity index (χ1) is 9.23. The molecule has 1 heterocycles. The second-order valence-electron chi connectivity index (χ2n) is 3.58. The van der Waals surface area contributed by atoms with Gasteiger partial charge in [0.15, 0.2) is 5.13 Å². The van der Waals surface area contributed by atoms with Crippen LogP contribution < -0.4 is 5.32 Å². The summed E-state index contributed by atoms with van der Waals surface area (Å²) in [6.45, 7) is -0.344. The predicted molar refractivity (Wildman–Crippen MR) is 63.6 cm³/mol. The highest BCUT2D eigenvalue weighted by Gasteiger charge is 2.30. The molecule has 0 saturated carbocycles. The molecule has 20 heavy (non-hydrogen) atoms. The van der Waals surface area contributed by atoms with E-state index in [-0.39, 0.29) is 10.0 Å². The smallest absolute Gasteiger partial charge is 0.411 e. The number of hydrogen-bond donors (Lipinski definition) is 1. The topological polar surface area (TPSA) is 77.5 Å². The van der Waals surface area contributed by atoms with E-state index in [1.165, 1.54) is 20.2 Å². The Balaban J connectivity index is 2.53. The molecular formula is C10H11F3N2O4S. The number of alkyl halides is 3. The molecule has 0 spiro atoms. The normalized spacial score (nSPS) is 12.8. The maximum Gasteiger partial charge on any atom is 0.411 e. The summed E-state index contributed by atoms with van der Waals surface area (Å²) < 4.78 is 44.6. The van der Waals surface area contributed by atoms with Crippen LogP contribution in [-0.4, -0.2) is 42.9 Å². The Morgan fingerprint density at radius 2 is 2.15 bits per heavy atom. The zero-order chi connectivity index (χ0) is 15.3. The molecule has 0 radical (unpaired) electrons. The minimum Gasteiger partial charge on any atom is -0.465 e. The summed E-state index contributed by atoms with van der Waals surface area (Å²) >= 11 is 0.840. The van der Waals surface area contributed by atoms with Crippen LogP contribution in [-0.2, 0) is 14.3 Å². The van der Waals surface area contributed by atoms with Gasteiger partial charge in [-0.25, -0.2) is 9.78 Å². The van der Waals surface area contributed by atoms with Crippen molar-refractivity contribution >= 4 is 28.3 Å². The Labute approximate surface area is 115 Å².